The van der Waals surface area contributed by atoms with Crippen molar-refractivity contribution in [1.82, 2.24) is 9.55 Å². The molecule has 4 heterocycles. The van der Waals surface area contributed by atoms with Crippen molar-refractivity contribution in [3.8, 4) is 0 Å². The molecule has 7 rings (SSSR count). The van der Waals surface area contributed by atoms with Gasteiger partial charge in [0.25, 0.3) is 5.91 Å². The van der Waals surface area contributed by atoms with Crippen LogP contribution in [0.1, 0.15) is 78.8 Å². The Kier molecular flexibility index (Phi) is 21.1. The number of anilines is 1. The van der Waals surface area contributed by atoms with Crippen molar-refractivity contribution in [2.45, 2.75) is 127 Å². The Bertz CT molecular complexity index is 3110. The van der Waals surface area contributed by atoms with Crippen molar-refractivity contribution in [2.24, 2.45) is 5.11 Å². The van der Waals surface area contributed by atoms with Gasteiger partial charge in [-0.25, -0.2) is 14.4 Å². The van der Waals surface area contributed by atoms with Crippen LogP contribution in [-0.4, -0.2) is 163 Å². The molecule has 0 bridgehead atoms. The molecule has 14 atom stereocenters. The summed E-state index contributed by atoms with van der Waals surface area (Å²) in [6.45, 7) is 3.82. The van der Waals surface area contributed by atoms with Crippen LogP contribution in [0.15, 0.2) is 113 Å². The summed E-state index contributed by atoms with van der Waals surface area (Å²) >= 11 is 0. The quantitative estimate of drug-likeness (QED) is 0.0411. The SMILES string of the molecule is CC(=O)OC[C@H]1O[C@@H](O[C@H]2[C@H](OC(C)=O)[C@H](N=[N+]=[N-])[C@@H](OC[C@H]3O[C@@H](n4ccc(NC(=O)c5ccccc5)nc4=O)[C@@H](OC(=O)c4ccccc4)[C@@H]3OC(=O)c3ccccc3)O[C@@H]2COC(C)=O)[C@H](OC(C)=O)[C@@H](OC(C)=O)[C@H]1OC(C)=O. The summed E-state index contributed by atoms with van der Waals surface area (Å²) in [5.74, 6) is -8.35. The second kappa shape index (κ2) is 28.5. The summed E-state index contributed by atoms with van der Waals surface area (Å²) < 4.78 is 77.6. The van der Waals surface area contributed by atoms with Gasteiger partial charge in [-0.1, -0.05) is 59.7 Å². The van der Waals surface area contributed by atoms with Gasteiger partial charge >= 0.3 is 53.4 Å². The second-order valence-corrected chi connectivity index (χ2v) is 18.5. The Morgan fingerprint density at radius 3 is 1.51 bits per heavy atom. The van der Waals surface area contributed by atoms with Crippen LogP contribution >= 0.6 is 0 Å². The number of carbonyl (C=O) groups is 9. The van der Waals surface area contributed by atoms with E-state index in [2.05, 4.69) is 20.3 Å². The number of hydrogen-bond donors (Lipinski definition) is 1. The molecule has 440 valence electrons. The Hall–Kier alpha value is -9.12. The van der Waals surface area contributed by atoms with Crippen LogP contribution in [0, 0.1) is 0 Å². The first kappa shape index (κ1) is 61.5. The van der Waals surface area contributed by atoms with E-state index in [0.717, 1.165) is 46.1 Å². The minimum atomic E-state index is -1.97. The zero-order chi connectivity index (χ0) is 59.9. The molecular weight excluding hydrogens is 1100 g/mol. The lowest BCUT2D eigenvalue weighted by Gasteiger charge is -2.48. The molecule has 0 radical (unpaired) electrons. The molecule has 1 amide bonds. The minimum absolute atomic E-state index is 0.0281. The molecule has 0 aliphatic carbocycles. The number of benzene rings is 3. The molecule has 1 N–H and O–H groups in total. The van der Waals surface area contributed by atoms with Crippen LogP contribution in [0.25, 0.3) is 10.4 Å². The van der Waals surface area contributed by atoms with E-state index in [-0.39, 0.29) is 22.5 Å². The molecule has 3 fully saturated rings. The standard InChI is InChI=1S/C54H56N6O23/c1-27(61)71-24-37-41(83-53-47(77-32(6)66)45(76-31(5)65)42(74-29(3)63)38(80-53)25-72-28(2)62)44(75-30(4)64)40(58-59-55)52(79-37)73-26-36-43(81-50(68)34-18-12-8-13-19-34)46(82-51(69)35-20-14-9-15-21-35)49(78-36)60-23-22-39(57-54(60)70)56-48(67)33-16-10-7-11-17-33/h7-23,36-38,40-47,49,52-53H,24-26H2,1-6H3,(H,56,57,67,70)/t36-,37-,38-,40+,41-,42+,43-,44-,45+,46+,47-,49-,52+,53+/m1/s1. The molecule has 3 aromatic carbocycles. The van der Waals surface area contributed by atoms with Crippen molar-refractivity contribution in [2.75, 3.05) is 25.1 Å². The van der Waals surface area contributed by atoms with Gasteiger partial charge in [-0.15, -0.1) is 0 Å². The van der Waals surface area contributed by atoms with Gasteiger partial charge < -0.3 is 66.9 Å². The summed E-state index contributed by atoms with van der Waals surface area (Å²) in [6.07, 6.45) is -21.5. The topological polar surface area (TPSA) is 369 Å². The highest BCUT2D eigenvalue weighted by atomic mass is 16.8. The lowest BCUT2D eigenvalue weighted by atomic mass is 9.95. The first-order valence-corrected chi connectivity index (χ1v) is 25.4. The zero-order valence-electron chi connectivity index (χ0n) is 45.1. The maximum Gasteiger partial charge on any atom is 0.351 e. The molecule has 3 aliphatic heterocycles. The number of aromatic nitrogens is 2. The maximum atomic E-state index is 14.0. The number of esters is 8. The molecule has 0 spiro atoms. The first-order valence-electron chi connectivity index (χ1n) is 25.4. The van der Waals surface area contributed by atoms with Crippen LogP contribution in [0.2, 0.25) is 0 Å². The number of amides is 1. The van der Waals surface area contributed by atoms with Gasteiger partial charge in [-0.3, -0.25) is 38.1 Å². The van der Waals surface area contributed by atoms with Crippen molar-refractivity contribution in [3.63, 3.8) is 0 Å². The number of ether oxygens (including phenoxy) is 13. The highest BCUT2D eigenvalue weighted by Crippen LogP contribution is 2.38. The average Bonchev–Trinajstić information content (AvgIpc) is 3.83. The molecular formula is C54H56N6O23. The summed E-state index contributed by atoms with van der Waals surface area (Å²) in [5, 5.41) is 6.38. The maximum absolute atomic E-state index is 14.0. The van der Waals surface area contributed by atoms with Crippen molar-refractivity contribution in [1.29, 1.82) is 0 Å². The smallest absolute Gasteiger partial charge is 0.351 e. The fraction of sp³-hybridized carbons (Fsp3) is 0.426. The third-order valence-electron chi connectivity index (χ3n) is 12.4. The van der Waals surface area contributed by atoms with Crippen molar-refractivity contribution >= 4 is 59.5 Å². The van der Waals surface area contributed by atoms with E-state index in [0.29, 0.717) is 0 Å². The van der Waals surface area contributed by atoms with Gasteiger partial charge in [-0.05, 0) is 48.0 Å². The van der Waals surface area contributed by atoms with Gasteiger partial charge in [0.1, 0.15) is 55.6 Å². The van der Waals surface area contributed by atoms with E-state index in [1.165, 1.54) is 48.7 Å². The van der Waals surface area contributed by atoms with Crippen LogP contribution in [0.3, 0.4) is 0 Å². The van der Waals surface area contributed by atoms with Crippen molar-refractivity contribution < 1.29 is 105 Å². The molecule has 3 saturated heterocycles. The largest absolute Gasteiger partial charge is 0.463 e. The summed E-state index contributed by atoms with van der Waals surface area (Å²) in [6, 6.07) is 22.7. The van der Waals surface area contributed by atoms with Gasteiger partial charge in [0.05, 0.1) is 17.7 Å². The Balaban J connectivity index is 1.27. The number of rotatable bonds is 21. The highest BCUT2D eigenvalue weighted by molar-refractivity contribution is 6.03. The number of nitrogens with zero attached hydrogens (tertiary/aromatic N) is 5. The third-order valence-corrected chi connectivity index (χ3v) is 12.4. The van der Waals surface area contributed by atoms with Gasteiger partial charge in [0.15, 0.2) is 49.3 Å². The fourth-order valence-corrected chi connectivity index (χ4v) is 9.00. The average molecular weight is 1160 g/mol. The Labute approximate surface area is 471 Å². The molecule has 1 aromatic heterocycles. The van der Waals surface area contributed by atoms with Crippen LogP contribution < -0.4 is 11.0 Å². The molecule has 83 heavy (non-hydrogen) atoms. The second-order valence-electron chi connectivity index (χ2n) is 18.5. The molecule has 0 unspecified atom stereocenters. The predicted octanol–water partition coefficient (Wildman–Crippen LogP) is 3.23. The number of hydrogen-bond acceptors (Lipinski definition) is 25. The monoisotopic (exact) mass is 1160 g/mol. The van der Waals surface area contributed by atoms with E-state index in [4.69, 9.17) is 61.6 Å². The van der Waals surface area contributed by atoms with Crippen LogP contribution in [0.4, 0.5) is 5.82 Å². The van der Waals surface area contributed by atoms with Crippen LogP contribution in [-0.2, 0) is 90.3 Å². The molecule has 3 aliphatic rings. The minimum Gasteiger partial charge on any atom is -0.463 e. The summed E-state index contributed by atoms with van der Waals surface area (Å²) in [7, 11) is 0. The van der Waals surface area contributed by atoms with E-state index >= 15 is 0 Å². The van der Waals surface area contributed by atoms with Crippen LogP contribution in [0.5, 0.6) is 0 Å². The Morgan fingerprint density at radius 2 is 0.988 bits per heavy atom. The third kappa shape index (κ3) is 16.3. The first-order chi connectivity index (χ1) is 39.7. The van der Waals surface area contributed by atoms with E-state index in [1.807, 2.05) is 0 Å². The van der Waals surface area contributed by atoms with Gasteiger partial charge in [0, 0.05) is 58.2 Å². The van der Waals surface area contributed by atoms with Gasteiger partial charge in [0.2, 0.25) is 0 Å². The predicted molar refractivity (Wildman–Crippen MR) is 275 cm³/mol. The molecule has 29 heteroatoms. The zero-order valence-corrected chi connectivity index (χ0v) is 45.1. The Morgan fingerprint density at radius 1 is 0.530 bits per heavy atom. The molecule has 4 aromatic rings. The fourth-order valence-electron chi connectivity index (χ4n) is 9.00. The van der Waals surface area contributed by atoms with Crippen molar-refractivity contribution in [3.05, 3.63) is 141 Å². The molecule has 0 saturated carbocycles. The molecule has 29 nitrogen and oxygen atoms in total. The van der Waals surface area contributed by atoms with E-state index in [9.17, 15) is 53.5 Å². The number of nitrogens with one attached hydrogen (secondary N) is 1. The normalized spacial score (nSPS) is 26.3. The van der Waals surface area contributed by atoms with E-state index in [1.54, 1.807) is 54.6 Å². The van der Waals surface area contributed by atoms with E-state index < -0.39 is 165 Å². The lowest BCUT2D eigenvalue weighted by molar-refractivity contribution is -0.350. The number of carbonyl (C=O) groups excluding carboxylic acids is 9. The highest BCUT2D eigenvalue weighted by Gasteiger charge is 2.58. The van der Waals surface area contributed by atoms with Gasteiger partial charge in [-0.2, -0.15) is 4.98 Å². The lowest BCUT2D eigenvalue weighted by Crippen LogP contribution is -2.66. The summed E-state index contributed by atoms with van der Waals surface area (Å²) in [5.41, 5.74) is 9.35. The number of azide groups is 1. The summed E-state index contributed by atoms with van der Waals surface area (Å²) in [4.78, 5) is 137.